The van der Waals surface area contributed by atoms with E-state index in [4.69, 9.17) is 5.73 Å². The highest BCUT2D eigenvalue weighted by molar-refractivity contribution is 5.91. The number of aromatic nitrogens is 1. The third kappa shape index (κ3) is 2.19. The Morgan fingerprint density at radius 3 is 2.81 bits per heavy atom. The van der Waals surface area contributed by atoms with Crippen LogP contribution in [0.3, 0.4) is 0 Å². The van der Waals surface area contributed by atoms with Crippen LogP contribution in [0.2, 0.25) is 0 Å². The summed E-state index contributed by atoms with van der Waals surface area (Å²) in [4.78, 5) is 2.21. The predicted octanol–water partition coefficient (Wildman–Crippen LogP) is 2.18. The van der Waals surface area contributed by atoms with Gasteiger partial charge in [-0.25, -0.2) is 0 Å². The van der Waals surface area contributed by atoms with Gasteiger partial charge in [-0.05, 0) is 45.3 Å². The molecule has 0 radical (unpaired) electrons. The molecule has 0 amide bonds. The molecule has 3 nitrogen and oxygen atoms in total. The van der Waals surface area contributed by atoms with E-state index in [0.717, 1.165) is 30.6 Å². The molecule has 0 aliphatic carbocycles. The highest BCUT2D eigenvalue weighted by Crippen LogP contribution is 2.21. The number of benzene rings is 1. The molecule has 86 valence electrons. The summed E-state index contributed by atoms with van der Waals surface area (Å²) < 4.78 is 2.27. The average molecular weight is 217 g/mol. The third-order valence-electron chi connectivity index (χ3n) is 2.85. The first-order valence-electron chi connectivity index (χ1n) is 5.66. The van der Waals surface area contributed by atoms with Crippen molar-refractivity contribution in [1.29, 1.82) is 0 Å². The largest absolute Gasteiger partial charge is 0.398 e. The molecule has 2 N–H and O–H groups in total. The van der Waals surface area contributed by atoms with Crippen LogP contribution in [0.1, 0.15) is 6.42 Å². The molecular weight excluding hydrogens is 198 g/mol. The summed E-state index contributed by atoms with van der Waals surface area (Å²) in [7, 11) is 4.21. The van der Waals surface area contributed by atoms with Crippen LogP contribution < -0.4 is 5.73 Å². The van der Waals surface area contributed by atoms with E-state index in [1.54, 1.807) is 0 Å². The molecule has 0 aliphatic rings. The monoisotopic (exact) mass is 217 g/mol. The van der Waals surface area contributed by atoms with Crippen molar-refractivity contribution in [1.82, 2.24) is 9.47 Å². The molecule has 1 aromatic carbocycles. The van der Waals surface area contributed by atoms with Gasteiger partial charge in [0.2, 0.25) is 0 Å². The normalized spacial score (nSPS) is 11.4. The quantitative estimate of drug-likeness (QED) is 0.796. The molecule has 0 bridgehead atoms. The van der Waals surface area contributed by atoms with Gasteiger partial charge in [-0.2, -0.15) is 0 Å². The standard InChI is InChI=1S/C13H19N3/c1-15(2)8-4-9-16-10-7-11-12(14)5-3-6-13(11)16/h3,5-7,10H,4,8-9,14H2,1-2H3. The highest BCUT2D eigenvalue weighted by atomic mass is 15.1. The Kier molecular flexibility index (Phi) is 3.15. The van der Waals surface area contributed by atoms with Crippen LogP contribution in [0.5, 0.6) is 0 Å². The Morgan fingerprint density at radius 1 is 1.25 bits per heavy atom. The van der Waals surface area contributed by atoms with Crippen molar-refractivity contribution in [2.24, 2.45) is 0 Å². The van der Waals surface area contributed by atoms with Gasteiger partial charge < -0.3 is 15.2 Å². The molecule has 0 unspecified atom stereocenters. The minimum absolute atomic E-state index is 0.865. The lowest BCUT2D eigenvalue weighted by Gasteiger charge is -2.10. The lowest BCUT2D eigenvalue weighted by atomic mass is 10.2. The molecule has 0 aliphatic heterocycles. The van der Waals surface area contributed by atoms with Crippen molar-refractivity contribution in [2.45, 2.75) is 13.0 Å². The second kappa shape index (κ2) is 4.58. The number of nitrogen functional groups attached to an aromatic ring is 1. The number of hydrogen-bond donors (Lipinski definition) is 1. The first-order chi connectivity index (χ1) is 7.68. The zero-order valence-corrected chi connectivity index (χ0v) is 9.98. The molecule has 0 atom stereocenters. The fourth-order valence-corrected chi connectivity index (χ4v) is 2.00. The fraction of sp³-hybridized carbons (Fsp3) is 0.385. The van der Waals surface area contributed by atoms with Crippen molar-refractivity contribution in [3.63, 3.8) is 0 Å². The maximum Gasteiger partial charge on any atom is 0.0501 e. The number of nitrogens with two attached hydrogens (primary N) is 1. The van der Waals surface area contributed by atoms with E-state index in [2.05, 4.69) is 41.9 Å². The van der Waals surface area contributed by atoms with Gasteiger partial charge in [-0.3, -0.25) is 0 Å². The molecule has 0 fully saturated rings. The summed E-state index contributed by atoms with van der Waals surface area (Å²) in [5, 5.41) is 1.16. The molecule has 16 heavy (non-hydrogen) atoms. The van der Waals surface area contributed by atoms with Crippen molar-refractivity contribution in [2.75, 3.05) is 26.4 Å². The minimum Gasteiger partial charge on any atom is -0.398 e. The van der Waals surface area contributed by atoms with Gasteiger partial charge in [0.1, 0.15) is 0 Å². The van der Waals surface area contributed by atoms with Crippen molar-refractivity contribution < 1.29 is 0 Å². The zero-order chi connectivity index (χ0) is 11.5. The highest BCUT2D eigenvalue weighted by Gasteiger charge is 2.02. The minimum atomic E-state index is 0.865. The van der Waals surface area contributed by atoms with Crippen LogP contribution >= 0.6 is 0 Å². The van der Waals surface area contributed by atoms with E-state index in [9.17, 15) is 0 Å². The molecule has 3 heteroatoms. The SMILES string of the molecule is CN(C)CCCn1ccc2c(N)cccc21. The number of anilines is 1. The van der Waals surface area contributed by atoms with Gasteiger partial charge in [-0.1, -0.05) is 6.07 Å². The van der Waals surface area contributed by atoms with Crippen LogP contribution in [0, 0.1) is 0 Å². The summed E-state index contributed by atoms with van der Waals surface area (Å²) in [6.45, 7) is 2.16. The van der Waals surface area contributed by atoms with E-state index in [-0.39, 0.29) is 0 Å². The van der Waals surface area contributed by atoms with Crippen LogP contribution in [0.15, 0.2) is 30.5 Å². The van der Waals surface area contributed by atoms with Crippen LogP contribution in [0.4, 0.5) is 5.69 Å². The Labute approximate surface area is 96.5 Å². The lowest BCUT2D eigenvalue weighted by Crippen LogP contribution is -2.14. The number of aryl methyl sites for hydroxylation is 1. The number of hydrogen-bond acceptors (Lipinski definition) is 2. The van der Waals surface area contributed by atoms with Crippen molar-refractivity contribution in [3.05, 3.63) is 30.5 Å². The second-order valence-corrected chi connectivity index (χ2v) is 4.45. The predicted molar refractivity (Wildman–Crippen MR) is 69.5 cm³/mol. The zero-order valence-electron chi connectivity index (χ0n) is 9.98. The summed E-state index contributed by atoms with van der Waals surface area (Å²) >= 11 is 0. The van der Waals surface area contributed by atoms with E-state index in [1.807, 2.05) is 12.1 Å². The lowest BCUT2D eigenvalue weighted by molar-refractivity contribution is 0.388. The van der Waals surface area contributed by atoms with Crippen molar-refractivity contribution in [3.8, 4) is 0 Å². The first kappa shape index (κ1) is 11.0. The Balaban J connectivity index is 2.16. The van der Waals surface area contributed by atoms with Gasteiger partial charge in [0.05, 0.1) is 5.52 Å². The van der Waals surface area contributed by atoms with Gasteiger partial charge in [0, 0.05) is 23.8 Å². The first-order valence-corrected chi connectivity index (χ1v) is 5.66. The fourth-order valence-electron chi connectivity index (χ4n) is 2.00. The molecule has 1 aromatic heterocycles. The number of nitrogens with zero attached hydrogens (tertiary/aromatic N) is 2. The summed E-state index contributed by atoms with van der Waals surface area (Å²) in [5.41, 5.74) is 8.02. The number of fused-ring (bicyclic) bond motifs is 1. The third-order valence-corrected chi connectivity index (χ3v) is 2.85. The van der Waals surface area contributed by atoms with Gasteiger partial charge in [0.15, 0.2) is 0 Å². The molecule has 0 spiro atoms. The molecule has 2 rings (SSSR count). The van der Waals surface area contributed by atoms with Gasteiger partial charge in [0.25, 0.3) is 0 Å². The van der Waals surface area contributed by atoms with E-state index in [1.165, 1.54) is 5.52 Å². The summed E-state index contributed by atoms with van der Waals surface area (Å²) in [5.74, 6) is 0. The molecule has 1 heterocycles. The Morgan fingerprint density at radius 2 is 2.06 bits per heavy atom. The molecule has 0 saturated carbocycles. The van der Waals surface area contributed by atoms with Crippen molar-refractivity contribution >= 4 is 16.6 Å². The smallest absolute Gasteiger partial charge is 0.0501 e. The molecular formula is C13H19N3. The topological polar surface area (TPSA) is 34.2 Å². The summed E-state index contributed by atoms with van der Waals surface area (Å²) in [6.07, 6.45) is 3.28. The summed E-state index contributed by atoms with van der Waals surface area (Å²) in [6, 6.07) is 8.19. The molecule has 0 saturated heterocycles. The number of rotatable bonds is 4. The van der Waals surface area contributed by atoms with Gasteiger partial charge in [-0.15, -0.1) is 0 Å². The Hall–Kier alpha value is -1.48. The van der Waals surface area contributed by atoms with E-state index >= 15 is 0 Å². The maximum atomic E-state index is 5.92. The van der Waals surface area contributed by atoms with Crippen LogP contribution in [0.25, 0.3) is 10.9 Å². The van der Waals surface area contributed by atoms with E-state index < -0.39 is 0 Å². The Bertz CT molecular complexity index is 471. The molecule has 2 aromatic rings. The van der Waals surface area contributed by atoms with E-state index in [0.29, 0.717) is 0 Å². The van der Waals surface area contributed by atoms with Crippen LogP contribution in [-0.4, -0.2) is 30.1 Å². The van der Waals surface area contributed by atoms with Crippen LogP contribution in [-0.2, 0) is 6.54 Å². The average Bonchev–Trinajstić information content (AvgIpc) is 2.63. The second-order valence-electron chi connectivity index (χ2n) is 4.45. The maximum absolute atomic E-state index is 5.92. The van der Waals surface area contributed by atoms with Gasteiger partial charge >= 0.3 is 0 Å².